The second-order valence-electron chi connectivity index (χ2n) is 11.8. The lowest BCUT2D eigenvalue weighted by Gasteiger charge is -2.44. The molecule has 39 heavy (non-hydrogen) atoms. The molecule has 0 aromatic heterocycles. The van der Waals surface area contributed by atoms with Crippen LogP contribution < -0.4 is 10.6 Å². The summed E-state index contributed by atoms with van der Waals surface area (Å²) in [5, 5.41) is 15.5. The van der Waals surface area contributed by atoms with E-state index in [1.165, 1.54) is 0 Å². The summed E-state index contributed by atoms with van der Waals surface area (Å²) in [6.45, 7) is 13.0. The lowest BCUT2D eigenvalue weighted by atomic mass is 9.86. The Balaban J connectivity index is 2.07. The standard InChI is InChI=1S/C31H43N3O5/c1-19(2)32-28(36)27(25-16-11-20(3)17-21(25)4)34(23-9-8-10-23)29(37)26(33-30(38)39-31(5,6)7)18-22-12-14-24(35)15-13-22/h11-17,19,23,26-27,35H,8-10,18H2,1-7H3,(H,32,36)(H,33,38). The molecule has 0 heterocycles. The van der Waals surface area contributed by atoms with Gasteiger partial charge in [-0.25, -0.2) is 4.79 Å². The number of nitrogens with one attached hydrogen (secondary N) is 2. The van der Waals surface area contributed by atoms with Crippen LogP contribution in [0.25, 0.3) is 0 Å². The number of aryl methyl sites for hydroxylation is 2. The number of aromatic hydroxyl groups is 1. The summed E-state index contributed by atoms with van der Waals surface area (Å²) in [5.41, 5.74) is 2.76. The zero-order chi connectivity index (χ0) is 28.9. The molecule has 8 nitrogen and oxygen atoms in total. The molecular formula is C31H43N3O5. The number of hydrogen-bond acceptors (Lipinski definition) is 5. The van der Waals surface area contributed by atoms with Gasteiger partial charge >= 0.3 is 6.09 Å². The summed E-state index contributed by atoms with van der Waals surface area (Å²) >= 11 is 0. The fourth-order valence-corrected chi connectivity index (χ4v) is 4.79. The molecule has 3 N–H and O–H groups in total. The monoisotopic (exact) mass is 537 g/mol. The SMILES string of the molecule is Cc1ccc(C(C(=O)NC(C)C)N(C(=O)C(Cc2ccc(O)cc2)NC(=O)OC(C)(C)C)C2CCC2)c(C)c1. The van der Waals surface area contributed by atoms with Crippen molar-refractivity contribution >= 4 is 17.9 Å². The summed E-state index contributed by atoms with van der Waals surface area (Å²) in [6, 6.07) is 10.3. The van der Waals surface area contributed by atoms with Crippen molar-refractivity contribution < 1.29 is 24.2 Å². The van der Waals surface area contributed by atoms with Gasteiger partial charge in [0.05, 0.1) is 0 Å². The molecule has 3 amide bonds. The number of amides is 3. The summed E-state index contributed by atoms with van der Waals surface area (Å²) in [4.78, 5) is 42.8. The molecule has 3 rings (SSSR count). The molecule has 0 saturated heterocycles. The molecule has 212 valence electrons. The number of benzene rings is 2. The lowest BCUT2D eigenvalue weighted by molar-refractivity contribution is -0.147. The van der Waals surface area contributed by atoms with E-state index < -0.39 is 23.8 Å². The highest BCUT2D eigenvalue weighted by atomic mass is 16.6. The van der Waals surface area contributed by atoms with Crippen LogP contribution in [0.4, 0.5) is 4.79 Å². The molecule has 0 spiro atoms. The Kier molecular flexibility index (Phi) is 9.64. The Labute approximate surface area is 232 Å². The van der Waals surface area contributed by atoms with Crippen molar-refractivity contribution in [2.75, 3.05) is 0 Å². The van der Waals surface area contributed by atoms with Crippen molar-refractivity contribution in [3.63, 3.8) is 0 Å². The van der Waals surface area contributed by atoms with Crippen LogP contribution in [0.5, 0.6) is 5.75 Å². The maximum absolute atomic E-state index is 14.5. The van der Waals surface area contributed by atoms with Crippen LogP contribution in [-0.4, -0.2) is 51.6 Å². The predicted octanol–water partition coefficient (Wildman–Crippen LogP) is 5.09. The normalized spacial score (nSPS) is 15.2. The van der Waals surface area contributed by atoms with Crippen LogP contribution in [0.1, 0.15) is 82.2 Å². The van der Waals surface area contributed by atoms with Gasteiger partial charge in [0.15, 0.2) is 0 Å². The Morgan fingerprint density at radius 1 is 1.03 bits per heavy atom. The second kappa shape index (κ2) is 12.5. The van der Waals surface area contributed by atoms with Gasteiger partial charge in [0.2, 0.25) is 11.8 Å². The van der Waals surface area contributed by atoms with Gasteiger partial charge in [0, 0.05) is 18.5 Å². The number of carbonyl (C=O) groups excluding carboxylic acids is 3. The quantitative estimate of drug-likeness (QED) is 0.413. The maximum Gasteiger partial charge on any atom is 0.408 e. The first-order chi connectivity index (χ1) is 18.2. The molecule has 8 heteroatoms. The number of phenols is 1. The van der Waals surface area contributed by atoms with E-state index in [9.17, 15) is 19.5 Å². The largest absolute Gasteiger partial charge is 0.508 e. The zero-order valence-corrected chi connectivity index (χ0v) is 24.2. The molecule has 1 fully saturated rings. The number of carbonyl (C=O) groups is 3. The van der Waals surface area contributed by atoms with Crippen LogP contribution in [0.3, 0.4) is 0 Å². The van der Waals surface area contributed by atoms with Gasteiger partial charge in [-0.15, -0.1) is 0 Å². The molecule has 0 aliphatic heterocycles. The van der Waals surface area contributed by atoms with E-state index in [1.54, 1.807) is 49.9 Å². The van der Waals surface area contributed by atoms with Crippen LogP contribution in [0, 0.1) is 13.8 Å². The van der Waals surface area contributed by atoms with E-state index in [2.05, 4.69) is 10.6 Å². The average molecular weight is 538 g/mol. The molecule has 0 bridgehead atoms. The van der Waals surface area contributed by atoms with E-state index in [-0.39, 0.29) is 36.1 Å². The molecule has 1 aliphatic rings. The fraction of sp³-hybridized carbons (Fsp3) is 0.516. The number of rotatable bonds is 9. The summed E-state index contributed by atoms with van der Waals surface area (Å²) in [6.07, 6.45) is 1.98. The third-order valence-electron chi connectivity index (χ3n) is 6.77. The van der Waals surface area contributed by atoms with Gasteiger partial charge in [-0.05, 0) is 96.6 Å². The molecule has 2 unspecified atom stereocenters. The Bertz CT molecular complexity index is 1170. The minimum atomic E-state index is -0.981. The number of phenolic OH excluding ortho intramolecular Hbond substituents is 1. The van der Waals surface area contributed by atoms with Crippen LogP contribution in [0.2, 0.25) is 0 Å². The average Bonchev–Trinajstić information content (AvgIpc) is 2.77. The van der Waals surface area contributed by atoms with Crippen molar-refractivity contribution in [1.29, 1.82) is 0 Å². The fourth-order valence-electron chi connectivity index (χ4n) is 4.79. The van der Waals surface area contributed by atoms with Crippen LogP contribution in [-0.2, 0) is 20.7 Å². The molecule has 1 saturated carbocycles. The number of hydrogen-bond donors (Lipinski definition) is 3. The molecule has 0 radical (unpaired) electrons. The third-order valence-corrected chi connectivity index (χ3v) is 6.77. The predicted molar refractivity (Wildman–Crippen MR) is 151 cm³/mol. The van der Waals surface area contributed by atoms with Crippen molar-refractivity contribution in [2.24, 2.45) is 0 Å². The van der Waals surface area contributed by atoms with E-state index in [1.807, 2.05) is 45.9 Å². The summed E-state index contributed by atoms with van der Waals surface area (Å²) < 4.78 is 5.49. The number of ether oxygens (including phenoxy) is 1. The van der Waals surface area contributed by atoms with Crippen LogP contribution >= 0.6 is 0 Å². The van der Waals surface area contributed by atoms with Gasteiger partial charge in [-0.3, -0.25) is 9.59 Å². The Morgan fingerprint density at radius 3 is 2.18 bits per heavy atom. The molecular weight excluding hydrogens is 494 g/mol. The first-order valence-electron chi connectivity index (χ1n) is 13.7. The number of alkyl carbamates (subject to hydrolysis) is 1. The highest BCUT2D eigenvalue weighted by Crippen LogP contribution is 2.35. The molecule has 1 aliphatic carbocycles. The third kappa shape index (κ3) is 8.22. The highest BCUT2D eigenvalue weighted by molar-refractivity contribution is 5.93. The van der Waals surface area contributed by atoms with Crippen molar-refractivity contribution in [1.82, 2.24) is 15.5 Å². The van der Waals surface area contributed by atoms with Crippen molar-refractivity contribution in [3.8, 4) is 5.75 Å². The lowest BCUT2D eigenvalue weighted by Crippen LogP contribution is -2.58. The van der Waals surface area contributed by atoms with Crippen LogP contribution in [0.15, 0.2) is 42.5 Å². The summed E-state index contributed by atoms with van der Waals surface area (Å²) in [7, 11) is 0. The van der Waals surface area contributed by atoms with Gasteiger partial charge in [0.25, 0.3) is 0 Å². The van der Waals surface area contributed by atoms with Crippen molar-refractivity contribution in [2.45, 2.75) is 104 Å². The maximum atomic E-state index is 14.5. The molecule has 2 aromatic carbocycles. The first-order valence-corrected chi connectivity index (χ1v) is 13.7. The molecule has 2 aromatic rings. The van der Waals surface area contributed by atoms with Gasteiger partial charge in [0.1, 0.15) is 23.4 Å². The van der Waals surface area contributed by atoms with E-state index in [0.29, 0.717) is 0 Å². The van der Waals surface area contributed by atoms with Crippen molar-refractivity contribution in [3.05, 3.63) is 64.7 Å². The highest BCUT2D eigenvalue weighted by Gasteiger charge is 2.42. The summed E-state index contributed by atoms with van der Waals surface area (Å²) in [5.74, 6) is -0.488. The number of nitrogens with zero attached hydrogens (tertiary/aromatic N) is 1. The van der Waals surface area contributed by atoms with Gasteiger partial charge < -0.3 is 25.4 Å². The van der Waals surface area contributed by atoms with E-state index in [0.717, 1.165) is 41.5 Å². The minimum Gasteiger partial charge on any atom is -0.508 e. The Morgan fingerprint density at radius 2 is 1.67 bits per heavy atom. The first kappa shape index (κ1) is 30.0. The second-order valence-corrected chi connectivity index (χ2v) is 11.8. The zero-order valence-electron chi connectivity index (χ0n) is 24.2. The Hall–Kier alpha value is -3.55. The molecule has 2 atom stereocenters. The topological polar surface area (TPSA) is 108 Å². The smallest absolute Gasteiger partial charge is 0.408 e. The van der Waals surface area contributed by atoms with E-state index >= 15 is 0 Å². The van der Waals surface area contributed by atoms with E-state index in [4.69, 9.17) is 4.74 Å². The van der Waals surface area contributed by atoms with Gasteiger partial charge in [-0.2, -0.15) is 0 Å². The minimum absolute atomic E-state index is 0.109. The van der Waals surface area contributed by atoms with Gasteiger partial charge in [-0.1, -0.05) is 35.9 Å².